The quantitative estimate of drug-likeness (QED) is 0.456. The van der Waals surface area contributed by atoms with Crippen molar-refractivity contribution in [1.29, 1.82) is 0 Å². The monoisotopic (exact) mass is 206 g/mol. The number of pyridine rings is 1. The number of aliphatic imine (C=N–C) groups is 2. The lowest BCUT2D eigenvalue weighted by molar-refractivity contribution is 0.780. The number of rotatable bonds is 2. The van der Waals surface area contributed by atoms with Crippen LogP contribution in [-0.4, -0.2) is 16.9 Å². The second kappa shape index (κ2) is 4.94. The highest BCUT2D eigenvalue weighted by Crippen LogP contribution is 2.12. The Morgan fingerprint density at radius 1 is 1.33 bits per heavy atom. The van der Waals surface area contributed by atoms with Crippen LogP contribution in [0.4, 0.5) is 0 Å². The van der Waals surface area contributed by atoms with Crippen LogP contribution in [0.2, 0.25) is 0 Å². The van der Waals surface area contributed by atoms with Crippen LogP contribution in [0.5, 0.6) is 0 Å². The molecule has 1 atom stereocenters. The summed E-state index contributed by atoms with van der Waals surface area (Å²) in [4.78, 5) is 11.8. The summed E-state index contributed by atoms with van der Waals surface area (Å²) in [5, 5.41) is 0. The summed E-state index contributed by atoms with van der Waals surface area (Å²) in [6, 6.07) is 5.40. The van der Waals surface area contributed by atoms with E-state index in [1.807, 2.05) is 25.1 Å². The molecule has 0 bridgehead atoms. The molecule has 6 nitrogen and oxygen atoms in total. The van der Waals surface area contributed by atoms with Gasteiger partial charge in [0.1, 0.15) is 0 Å². The van der Waals surface area contributed by atoms with Crippen molar-refractivity contribution >= 4 is 11.9 Å². The van der Waals surface area contributed by atoms with Gasteiger partial charge in [0.05, 0.1) is 11.7 Å². The Hall–Kier alpha value is -2.11. The fourth-order valence-electron chi connectivity index (χ4n) is 1.05. The molecule has 0 aromatic carbocycles. The van der Waals surface area contributed by atoms with Crippen molar-refractivity contribution in [1.82, 2.24) is 4.98 Å². The summed E-state index contributed by atoms with van der Waals surface area (Å²) in [5.74, 6) is -0.0578. The van der Waals surface area contributed by atoms with E-state index in [-0.39, 0.29) is 18.0 Å². The third-order valence-corrected chi connectivity index (χ3v) is 1.69. The van der Waals surface area contributed by atoms with Crippen LogP contribution in [-0.2, 0) is 0 Å². The van der Waals surface area contributed by atoms with Crippen molar-refractivity contribution in [3.05, 3.63) is 30.1 Å². The molecule has 0 amide bonds. The van der Waals surface area contributed by atoms with Crippen LogP contribution in [0.1, 0.15) is 18.7 Å². The number of nitrogens with zero attached hydrogens (tertiary/aromatic N) is 3. The summed E-state index contributed by atoms with van der Waals surface area (Å²) in [6.07, 6.45) is 1.69. The molecule has 80 valence electrons. The Morgan fingerprint density at radius 3 is 2.60 bits per heavy atom. The first kappa shape index (κ1) is 11.0. The molecule has 0 aliphatic carbocycles. The Kier molecular flexibility index (Phi) is 3.61. The molecule has 0 fully saturated rings. The Balaban J connectivity index is 2.79. The zero-order chi connectivity index (χ0) is 11.3. The van der Waals surface area contributed by atoms with Gasteiger partial charge in [-0.2, -0.15) is 4.99 Å². The molecule has 0 saturated heterocycles. The van der Waals surface area contributed by atoms with E-state index in [4.69, 9.17) is 17.2 Å². The molecule has 0 saturated carbocycles. The van der Waals surface area contributed by atoms with E-state index in [2.05, 4.69) is 15.0 Å². The number of aromatic nitrogens is 1. The average Bonchev–Trinajstić information content (AvgIpc) is 2.17. The summed E-state index contributed by atoms with van der Waals surface area (Å²) in [5.41, 5.74) is 16.6. The van der Waals surface area contributed by atoms with E-state index in [1.54, 1.807) is 6.20 Å². The molecule has 1 rings (SSSR count). The van der Waals surface area contributed by atoms with Gasteiger partial charge in [-0.3, -0.25) is 4.98 Å². The largest absolute Gasteiger partial charge is 0.370 e. The van der Waals surface area contributed by atoms with Crippen molar-refractivity contribution in [2.24, 2.45) is 27.2 Å². The van der Waals surface area contributed by atoms with Crippen LogP contribution in [0.15, 0.2) is 34.4 Å². The number of nitrogens with two attached hydrogens (primary N) is 3. The molecule has 6 heteroatoms. The first-order valence-corrected chi connectivity index (χ1v) is 4.43. The standard InChI is InChI=1S/C9H14N6/c1-6(7-4-2-3-5-13-7)14-9(12)15-8(10)11/h2-6H,1H3,(H6,10,11,12,14,15). The number of hydrogen-bond acceptors (Lipinski definition) is 2. The molecule has 6 N–H and O–H groups in total. The van der Waals surface area contributed by atoms with Crippen LogP contribution in [0.25, 0.3) is 0 Å². The predicted octanol–water partition coefficient (Wildman–Crippen LogP) is -0.269. The van der Waals surface area contributed by atoms with Gasteiger partial charge in [-0.15, -0.1) is 0 Å². The molecule has 0 aliphatic heterocycles. The van der Waals surface area contributed by atoms with Gasteiger partial charge in [0.2, 0.25) is 5.96 Å². The summed E-state index contributed by atoms with van der Waals surface area (Å²) in [7, 11) is 0. The van der Waals surface area contributed by atoms with Gasteiger partial charge < -0.3 is 17.2 Å². The molecule has 0 aliphatic rings. The van der Waals surface area contributed by atoms with Crippen LogP contribution in [0, 0.1) is 0 Å². The molecular weight excluding hydrogens is 192 g/mol. The van der Waals surface area contributed by atoms with Crippen molar-refractivity contribution in [2.45, 2.75) is 13.0 Å². The molecule has 1 aromatic heterocycles. The maximum absolute atomic E-state index is 5.49. The summed E-state index contributed by atoms with van der Waals surface area (Å²) < 4.78 is 0. The zero-order valence-electron chi connectivity index (χ0n) is 8.46. The molecular formula is C9H14N6. The Labute approximate surface area is 87.9 Å². The van der Waals surface area contributed by atoms with Crippen LogP contribution < -0.4 is 17.2 Å². The highest BCUT2D eigenvalue weighted by molar-refractivity contribution is 5.92. The third kappa shape index (κ3) is 3.63. The van der Waals surface area contributed by atoms with Gasteiger partial charge in [-0.25, -0.2) is 4.99 Å². The maximum atomic E-state index is 5.49. The minimum absolute atomic E-state index is 0.0492. The highest BCUT2D eigenvalue weighted by Gasteiger charge is 2.04. The van der Waals surface area contributed by atoms with Gasteiger partial charge in [0.15, 0.2) is 5.96 Å². The second-order valence-corrected chi connectivity index (χ2v) is 2.95. The lowest BCUT2D eigenvalue weighted by atomic mass is 10.2. The van der Waals surface area contributed by atoms with Gasteiger partial charge >= 0.3 is 0 Å². The molecule has 15 heavy (non-hydrogen) atoms. The number of guanidine groups is 2. The van der Waals surface area contributed by atoms with Crippen LogP contribution in [0.3, 0.4) is 0 Å². The molecule has 1 unspecified atom stereocenters. The minimum Gasteiger partial charge on any atom is -0.370 e. The van der Waals surface area contributed by atoms with E-state index >= 15 is 0 Å². The molecule has 1 aromatic rings. The van der Waals surface area contributed by atoms with Crippen molar-refractivity contribution in [3.8, 4) is 0 Å². The smallest absolute Gasteiger partial charge is 0.219 e. The first-order chi connectivity index (χ1) is 7.09. The first-order valence-electron chi connectivity index (χ1n) is 4.43. The maximum Gasteiger partial charge on any atom is 0.219 e. The van der Waals surface area contributed by atoms with Crippen LogP contribution >= 0.6 is 0 Å². The van der Waals surface area contributed by atoms with E-state index < -0.39 is 0 Å². The molecule has 1 heterocycles. The fraction of sp³-hybridized carbons (Fsp3) is 0.222. The normalized spacial score (nSPS) is 13.3. The molecule has 0 spiro atoms. The number of hydrogen-bond donors (Lipinski definition) is 3. The Morgan fingerprint density at radius 2 is 2.07 bits per heavy atom. The Bertz CT molecular complexity index is 365. The van der Waals surface area contributed by atoms with Gasteiger partial charge in [-0.05, 0) is 19.1 Å². The predicted molar refractivity (Wildman–Crippen MR) is 60.1 cm³/mol. The SMILES string of the molecule is CC(N=C(N)N=C(N)N)c1ccccn1. The highest BCUT2D eigenvalue weighted by atomic mass is 15.1. The van der Waals surface area contributed by atoms with E-state index in [1.165, 1.54) is 0 Å². The lowest BCUT2D eigenvalue weighted by Gasteiger charge is -2.05. The lowest BCUT2D eigenvalue weighted by Crippen LogP contribution is -2.26. The van der Waals surface area contributed by atoms with E-state index in [0.717, 1.165) is 5.69 Å². The third-order valence-electron chi connectivity index (χ3n) is 1.69. The zero-order valence-corrected chi connectivity index (χ0v) is 8.46. The van der Waals surface area contributed by atoms with Gasteiger partial charge in [-0.1, -0.05) is 6.07 Å². The second-order valence-electron chi connectivity index (χ2n) is 2.95. The van der Waals surface area contributed by atoms with Crippen molar-refractivity contribution in [2.75, 3.05) is 0 Å². The van der Waals surface area contributed by atoms with Gasteiger partial charge in [0, 0.05) is 6.20 Å². The molecule has 0 radical (unpaired) electrons. The summed E-state index contributed by atoms with van der Waals surface area (Å²) in [6.45, 7) is 1.86. The average molecular weight is 206 g/mol. The van der Waals surface area contributed by atoms with E-state index in [9.17, 15) is 0 Å². The summed E-state index contributed by atoms with van der Waals surface area (Å²) >= 11 is 0. The van der Waals surface area contributed by atoms with Crippen molar-refractivity contribution in [3.63, 3.8) is 0 Å². The van der Waals surface area contributed by atoms with Crippen molar-refractivity contribution < 1.29 is 0 Å². The minimum atomic E-state index is -0.172. The fourth-order valence-corrected chi connectivity index (χ4v) is 1.05. The topological polar surface area (TPSA) is 116 Å². The van der Waals surface area contributed by atoms with E-state index in [0.29, 0.717) is 0 Å². The van der Waals surface area contributed by atoms with Gasteiger partial charge in [0.25, 0.3) is 0 Å².